The number of urea groups is 1. The summed E-state index contributed by atoms with van der Waals surface area (Å²) in [5.41, 5.74) is 5.85. The minimum atomic E-state index is -0.443. The van der Waals surface area contributed by atoms with E-state index in [-0.39, 0.29) is 30.3 Å². The number of nitrogens with zero attached hydrogens (tertiary/aromatic N) is 3. The van der Waals surface area contributed by atoms with Crippen LogP contribution in [0.1, 0.15) is 13.8 Å². The molecule has 19 heavy (non-hydrogen) atoms. The standard InChI is InChI=1S/C12H24N4O2.ClH/c1-9(2)10(13)11(17)15-5-7-16(8-6-15)12(18)14(3)4;/h9-10H,5-8,13H2,1-4H3;1H/t10-;/m0./s1. The first-order chi connectivity index (χ1) is 8.34. The zero-order chi connectivity index (χ0) is 13.9. The first-order valence-electron chi connectivity index (χ1n) is 6.35. The Morgan fingerprint density at radius 1 is 1.05 bits per heavy atom. The van der Waals surface area contributed by atoms with E-state index < -0.39 is 6.04 Å². The summed E-state index contributed by atoms with van der Waals surface area (Å²) in [6, 6.07) is -0.448. The molecule has 1 aliphatic rings. The monoisotopic (exact) mass is 292 g/mol. The maximum atomic E-state index is 12.0. The second kappa shape index (κ2) is 7.55. The van der Waals surface area contributed by atoms with Crippen molar-refractivity contribution >= 4 is 24.3 Å². The Bertz CT molecular complexity index is 315. The minimum absolute atomic E-state index is 0. The summed E-state index contributed by atoms with van der Waals surface area (Å²) < 4.78 is 0. The molecule has 0 saturated carbocycles. The van der Waals surface area contributed by atoms with Crippen LogP contribution in [0.15, 0.2) is 0 Å². The first kappa shape index (κ1) is 18.0. The number of hydrogen-bond acceptors (Lipinski definition) is 3. The molecule has 0 aromatic heterocycles. The van der Waals surface area contributed by atoms with Gasteiger partial charge in [0.1, 0.15) is 0 Å². The largest absolute Gasteiger partial charge is 0.338 e. The number of nitrogens with two attached hydrogens (primary N) is 1. The molecule has 3 amide bonds. The van der Waals surface area contributed by atoms with Gasteiger partial charge in [-0.1, -0.05) is 13.8 Å². The fourth-order valence-corrected chi connectivity index (χ4v) is 1.90. The first-order valence-corrected chi connectivity index (χ1v) is 6.35. The van der Waals surface area contributed by atoms with Gasteiger partial charge in [-0.15, -0.1) is 12.4 Å². The molecule has 0 aliphatic carbocycles. The van der Waals surface area contributed by atoms with Crippen LogP contribution in [0.2, 0.25) is 0 Å². The third-order valence-corrected chi connectivity index (χ3v) is 3.25. The van der Waals surface area contributed by atoms with Gasteiger partial charge in [-0.3, -0.25) is 4.79 Å². The fraction of sp³-hybridized carbons (Fsp3) is 0.833. The molecule has 1 aliphatic heterocycles. The van der Waals surface area contributed by atoms with E-state index in [9.17, 15) is 9.59 Å². The highest BCUT2D eigenvalue weighted by molar-refractivity contribution is 5.85. The van der Waals surface area contributed by atoms with Gasteiger partial charge in [-0.05, 0) is 5.92 Å². The molecule has 1 rings (SSSR count). The van der Waals surface area contributed by atoms with Crippen LogP contribution in [-0.4, -0.2) is 73.0 Å². The average molecular weight is 293 g/mol. The molecule has 2 N–H and O–H groups in total. The average Bonchev–Trinajstić information content (AvgIpc) is 2.36. The molecule has 7 heteroatoms. The van der Waals surface area contributed by atoms with Crippen LogP contribution in [0.3, 0.4) is 0 Å². The van der Waals surface area contributed by atoms with Crippen LogP contribution >= 0.6 is 12.4 Å². The summed E-state index contributed by atoms with van der Waals surface area (Å²) in [5.74, 6) is 0.126. The van der Waals surface area contributed by atoms with Crippen molar-refractivity contribution in [2.24, 2.45) is 11.7 Å². The van der Waals surface area contributed by atoms with Crippen molar-refractivity contribution in [2.75, 3.05) is 40.3 Å². The number of rotatable bonds is 2. The zero-order valence-corrected chi connectivity index (χ0v) is 12.9. The molecule has 6 nitrogen and oxygen atoms in total. The molecule has 0 aromatic rings. The lowest BCUT2D eigenvalue weighted by Gasteiger charge is -2.37. The Labute approximate surface area is 121 Å². The van der Waals surface area contributed by atoms with Crippen LogP contribution in [-0.2, 0) is 4.79 Å². The molecule has 0 aromatic carbocycles. The van der Waals surface area contributed by atoms with E-state index in [4.69, 9.17) is 5.73 Å². The summed E-state index contributed by atoms with van der Waals surface area (Å²) in [4.78, 5) is 28.8. The lowest BCUT2D eigenvalue weighted by atomic mass is 10.0. The predicted octanol–water partition coefficient (Wildman–Crippen LogP) is 0.217. The normalized spacial score (nSPS) is 16.9. The van der Waals surface area contributed by atoms with E-state index in [2.05, 4.69) is 0 Å². The molecule has 0 unspecified atom stereocenters. The maximum absolute atomic E-state index is 12.0. The number of amides is 3. The van der Waals surface area contributed by atoms with E-state index in [0.29, 0.717) is 26.2 Å². The van der Waals surface area contributed by atoms with Crippen molar-refractivity contribution < 1.29 is 9.59 Å². The number of hydrogen-bond donors (Lipinski definition) is 1. The van der Waals surface area contributed by atoms with Crippen molar-refractivity contribution in [3.8, 4) is 0 Å². The highest BCUT2D eigenvalue weighted by Gasteiger charge is 2.28. The molecule has 1 fully saturated rings. The van der Waals surface area contributed by atoms with Crippen LogP contribution in [0.4, 0.5) is 4.79 Å². The summed E-state index contributed by atoms with van der Waals surface area (Å²) in [7, 11) is 3.46. The summed E-state index contributed by atoms with van der Waals surface area (Å²) in [6.45, 7) is 6.17. The van der Waals surface area contributed by atoms with Crippen LogP contribution < -0.4 is 5.73 Å². The molecule has 1 saturated heterocycles. The molecule has 0 bridgehead atoms. The van der Waals surface area contributed by atoms with Gasteiger partial charge >= 0.3 is 6.03 Å². The highest BCUT2D eigenvalue weighted by Crippen LogP contribution is 2.08. The number of carbonyl (C=O) groups is 2. The van der Waals surface area contributed by atoms with Gasteiger partial charge in [0, 0.05) is 40.3 Å². The topological polar surface area (TPSA) is 69.9 Å². The van der Waals surface area contributed by atoms with Gasteiger partial charge in [0.2, 0.25) is 5.91 Å². The van der Waals surface area contributed by atoms with E-state index in [1.807, 2.05) is 13.8 Å². The minimum Gasteiger partial charge on any atom is -0.338 e. The smallest absolute Gasteiger partial charge is 0.319 e. The Hall–Kier alpha value is -1.01. The number of carbonyl (C=O) groups excluding carboxylic acids is 2. The third kappa shape index (κ3) is 4.54. The molecular weight excluding hydrogens is 268 g/mol. The molecule has 112 valence electrons. The SMILES string of the molecule is CC(C)[C@H](N)C(=O)N1CCN(C(=O)N(C)C)CC1.Cl. The molecular formula is C12H25ClN4O2. The Morgan fingerprint density at radius 3 is 1.84 bits per heavy atom. The van der Waals surface area contributed by atoms with Gasteiger partial charge in [-0.25, -0.2) is 4.79 Å². The van der Waals surface area contributed by atoms with E-state index >= 15 is 0 Å². The summed E-state index contributed by atoms with van der Waals surface area (Å²) in [5, 5.41) is 0. The van der Waals surface area contributed by atoms with E-state index in [1.54, 1.807) is 28.8 Å². The molecule has 1 atom stereocenters. The Kier molecular flexibility index (Phi) is 7.15. The lowest BCUT2D eigenvalue weighted by molar-refractivity contribution is -0.135. The lowest BCUT2D eigenvalue weighted by Crippen LogP contribution is -2.56. The molecule has 1 heterocycles. The third-order valence-electron chi connectivity index (χ3n) is 3.25. The second-order valence-corrected chi connectivity index (χ2v) is 5.26. The van der Waals surface area contributed by atoms with Crippen LogP contribution in [0.5, 0.6) is 0 Å². The van der Waals surface area contributed by atoms with Crippen molar-refractivity contribution in [2.45, 2.75) is 19.9 Å². The summed E-state index contributed by atoms with van der Waals surface area (Å²) >= 11 is 0. The quantitative estimate of drug-likeness (QED) is 0.791. The summed E-state index contributed by atoms with van der Waals surface area (Å²) in [6.07, 6.45) is 0. The van der Waals surface area contributed by atoms with Crippen LogP contribution in [0.25, 0.3) is 0 Å². The number of halogens is 1. The fourth-order valence-electron chi connectivity index (χ4n) is 1.90. The number of piperazine rings is 1. The van der Waals surface area contributed by atoms with Crippen LogP contribution in [0, 0.1) is 5.92 Å². The van der Waals surface area contributed by atoms with Gasteiger partial charge < -0.3 is 20.4 Å². The van der Waals surface area contributed by atoms with Crippen molar-refractivity contribution in [3.05, 3.63) is 0 Å². The van der Waals surface area contributed by atoms with Crippen molar-refractivity contribution in [3.63, 3.8) is 0 Å². The van der Waals surface area contributed by atoms with Gasteiger partial charge in [0.15, 0.2) is 0 Å². The molecule has 0 radical (unpaired) electrons. The van der Waals surface area contributed by atoms with Crippen molar-refractivity contribution in [1.82, 2.24) is 14.7 Å². The maximum Gasteiger partial charge on any atom is 0.319 e. The van der Waals surface area contributed by atoms with Crippen molar-refractivity contribution in [1.29, 1.82) is 0 Å². The van der Waals surface area contributed by atoms with Gasteiger partial charge in [0.05, 0.1) is 6.04 Å². The Balaban J connectivity index is 0.00000324. The Morgan fingerprint density at radius 2 is 1.47 bits per heavy atom. The predicted molar refractivity (Wildman–Crippen MR) is 77.3 cm³/mol. The van der Waals surface area contributed by atoms with Gasteiger partial charge in [-0.2, -0.15) is 0 Å². The highest BCUT2D eigenvalue weighted by atomic mass is 35.5. The van der Waals surface area contributed by atoms with Gasteiger partial charge in [0.25, 0.3) is 0 Å². The zero-order valence-electron chi connectivity index (χ0n) is 12.1. The van der Waals surface area contributed by atoms with E-state index in [1.165, 1.54) is 0 Å². The second-order valence-electron chi connectivity index (χ2n) is 5.26. The molecule has 0 spiro atoms. The van der Waals surface area contributed by atoms with E-state index in [0.717, 1.165) is 0 Å².